The van der Waals surface area contributed by atoms with Crippen molar-refractivity contribution in [1.82, 2.24) is 9.80 Å². The standard InChI is InChI=1S/C14H17Cl2N3O3/c15-10-7-11(16)9-12(8-10)17-13(21)14(22)19-3-1-18(2-4-19)5-6-20/h7-9,20H,1-6H2,(H,17,21). The van der Waals surface area contributed by atoms with Crippen LogP contribution >= 0.6 is 23.2 Å². The van der Waals surface area contributed by atoms with Gasteiger partial charge in [-0.1, -0.05) is 23.2 Å². The molecule has 0 atom stereocenters. The summed E-state index contributed by atoms with van der Waals surface area (Å²) in [4.78, 5) is 27.7. The minimum atomic E-state index is -0.714. The number of piperazine rings is 1. The number of anilines is 1. The predicted octanol–water partition coefficient (Wildman–Crippen LogP) is 1.07. The van der Waals surface area contributed by atoms with Crippen LogP contribution < -0.4 is 5.32 Å². The van der Waals surface area contributed by atoms with E-state index >= 15 is 0 Å². The average Bonchev–Trinajstić information content (AvgIpc) is 2.46. The monoisotopic (exact) mass is 345 g/mol. The number of hydrogen-bond acceptors (Lipinski definition) is 4. The summed E-state index contributed by atoms with van der Waals surface area (Å²) < 4.78 is 0. The van der Waals surface area contributed by atoms with E-state index in [4.69, 9.17) is 28.3 Å². The second-order valence-electron chi connectivity index (χ2n) is 4.97. The van der Waals surface area contributed by atoms with Gasteiger partial charge in [0.2, 0.25) is 0 Å². The second kappa shape index (κ2) is 7.78. The van der Waals surface area contributed by atoms with Crippen LogP contribution in [0.5, 0.6) is 0 Å². The van der Waals surface area contributed by atoms with Gasteiger partial charge in [0, 0.05) is 48.5 Å². The molecule has 120 valence electrons. The largest absolute Gasteiger partial charge is 0.395 e. The zero-order valence-corrected chi connectivity index (χ0v) is 13.4. The Hall–Kier alpha value is -1.34. The van der Waals surface area contributed by atoms with E-state index in [1.54, 1.807) is 6.07 Å². The number of aliphatic hydroxyl groups is 1. The van der Waals surface area contributed by atoms with Gasteiger partial charge in [0.1, 0.15) is 0 Å². The molecule has 0 unspecified atom stereocenters. The van der Waals surface area contributed by atoms with Crippen molar-refractivity contribution >= 4 is 40.7 Å². The first kappa shape index (κ1) is 17.0. The molecule has 0 aromatic heterocycles. The molecule has 2 N–H and O–H groups in total. The molecule has 0 radical (unpaired) electrons. The van der Waals surface area contributed by atoms with Gasteiger partial charge in [-0.25, -0.2) is 0 Å². The summed E-state index contributed by atoms with van der Waals surface area (Å²) in [6.07, 6.45) is 0. The molecule has 0 spiro atoms. The summed E-state index contributed by atoms with van der Waals surface area (Å²) in [5, 5.41) is 12.2. The van der Waals surface area contributed by atoms with Crippen LogP contribution in [0.15, 0.2) is 18.2 Å². The fourth-order valence-corrected chi connectivity index (χ4v) is 2.80. The smallest absolute Gasteiger partial charge is 0.313 e. The van der Waals surface area contributed by atoms with E-state index in [0.717, 1.165) is 0 Å². The number of benzene rings is 1. The summed E-state index contributed by atoms with van der Waals surface area (Å²) in [6.45, 7) is 2.87. The molecule has 22 heavy (non-hydrogen) atoms. The maximum Gasteiger partial charge on any atom is 0.313 e. The molecule has 1 saturated heterocycles. The van der Waals surface area contributed by atoms with Crippen LogP contribution in [-0.4, -0.2) is 66.1 Å². The SMILES string of the molecule is O=C(Nc1cc(Cl)cc(Cl)c1)C(=O)N1CCN(CCO)CC1. The number of amides is 2. The molecule has 1 aromatic rings. The number of rotatable bonds is 3. The molecule has 1 heterocycles. The van der Waals surface area contributed by atoms with Crippen molar-refractivity contribution in [2.24, 2.45) is 0 Å². The third-order valence-electron chi connectivity index (χ3n) is 3.39. The van der Waals surface area contributed by atoms with Crippen LogP contribution in [0.3, 0.4) is 0 Å². The molecule has 8 heteroatoms. The molecule has 2 amide bonds. The fourth-order valence-electron chi connectivity index (χ4n) is 2.27. The highest BCUT2D eigenvalue weighted by atomic mass is 35.5. The third-order valence-corrected chi connectivity index (χ3v) is 3.83. The number of nitrogens with zero attached hydrogens (tertiary/aromatic N) is 2. The third kappa shape index (κ3) is 4.58. The summed E-state index contributed by atoms with van der Waals surface area (Å²) in [5.74, 6) is -1.30. The Bertz CT molecular complexity index is 540. The summed E-state index contributed by atoms with van der Waals surface area (Å²) in [7, 11) is 0. The van der Waals surface area contributed by atoms with Gasteiger partial charge >= 0.3 is 11.8 Å². The maximum absolute atomic E-state index is 12.1. The van der Waals surface area contributed by atoms with Crippen molar-refractivity contribution in [3.8, 4) is 0 Å². The van der Waals surface area contributed by atoms with Crippen molar-refractivity contribution in [2.75, 3.05) is 44.6 Å². The second-order valence-corrected chi connectivity index (χ2v) is 5.84. The minimum Gasteiger partial charge on any atom is -0.395 e. The Kier molecular flexibility index (Phi) is 6.02. The van der Waals surface area contributed by atoms with Gasteiger partial charge in [0.15, 0.2) is 0 Å². The Labute approximate surface area is 138 Å². The Morgan fingerprint density at radius 3 is 2.23 bits per heavy atom. The van der Waals surface area contributed by atoms with E-state index in [-0.39, 0.29) is 6.61 Å². The number of nitrogens with one attached hydrogen (secondary N) is 1. The number of carbonyl (C=O) groups excluding carboxylic acids is 2. The van der Waals surface area contributed by atoms with E-state index in [9.17, 15) is 9.59 Å². The Morgan fingerprint density at radius 1 is 1.09 bits per heavy atom. The first-order valence-corrected chi connectivity index (χ1v) is 7.65. The molecule has 1 aromatic carbocycles. The maximum atomic E-state index is 12.1. The zero-order valence-electron chi connectivity index (χ0n) is 11.9. The first-order valence-electron chi connectivity index (χ1n) is 6.89. The van der Waals surface area contributed by atoms with Crippen LogP contribution in [0.2, 0.25) is 10.0 Å². The highest BCUT2D eigenvalue weighted by Gasteiger charge is 2.25. The van der Waals surface area contributed by atoms with Crippen molar-refractivity contribution in [3.05, 3.63) is 28.2 Å². The predicted molar refractivity (Wildman–Crippen MR) is 85.2 cm³/mol. The van der Waals surface area contributed by atoms with Gasteiger partial charge in [-0.3, -0.25) is 14.5 Å². The number of hydrogen-bond donors (Lipinski definition) is 2. The highest BCUT2D eigenvalue weighted by molar-refractivity contribution is 6.40. The van der Waals surface area contributed by atoms with E-state index in [1.165, 1.54) is 17.0 Å². The quantitative estimate of drug-likeness (QED) is 0.803. The number of halogens is 2. The van der Waals surface area contributed by atoms with Gasteiger partial charge in [-0.15, -0.1) is 0 Å². The van der Waals surface area contributed by atoms with Crippen molar-refractivity contribution in [3.63, 3.8) is 0 Å². The minimum absolute atomic E-state index is 0.0873. The molecule has 0 bridgehead atoms. The lowest BCUT2D eigenvalue weighted by atomic mass is 10.3. The summed E-state index contributed by atoms with van der Waals surface area (Å²) >= 11 is 11.7. The van der Waals surface area contributed by atoms with E-state index < -0.39 is 11.8 Å². The van der Waals surface area contributed by atoms with E-state index in [2.05, 4.69) is 5.32 Å². The molecule has 1 fully saturated rings. The molecule has 1 aliphatic rings. The molecule has 0 saturated carbocycles. The van der Waals surface area contributed by atoms with Gasteiger partial charge in [-0.05, 0) is 18.2 Å². The summed E-state index contributed by atoms with van der Waals surface area (Å²) in [5.41, 5.74) is 0.384. The first-order chi connectivity index (χ1) is 10.5. The number of carbonyl (C=O) groups is 2. The van der Waals surface area contributed by atoms with Crippen molar-refractivity contribution in [1.29, 1.82) is 0 Å². The van der Waals surface area contributed by atoms with Crippen molar-refractivity contribution in [2.45, 2.75) is 0 Å². The summed E-state index contributed by atoms with van der Waals surface area (Å²) in [6, 6.07) is 4.59. The lowest BCUT2D eigenvalue weighted by Crippen LogP contribution is -2.52. The average molecular weight is 346 g/mol. The van der Waals surface area contributed by atoms with E-state index in [1.807, 2.05) is 4.90 Å². The van der Waals surface area contributed by atoms with Crippen molar-refractivity contribution < 1.29 is 14.7 Å². The molecule has 1 aliphatic heterocycles. The van der Waals surface area contributed by atoms with E-state index in [0.29, 0.717) is 48.5 Å². The van der Waals surface area contributed by atoms with Gasteiger partial charge < -0.3 is 15.3 Å². The number of aliphatic hydroxyl groups excluding tert-OH is 1. The normalized spacial score (nSPS) is 15.7. The van der Waals surface area contributed by atoms with Gasteiger partial charge in [0.05, 0.1) is 6.61 Å². The van der Waals surface area contributed by atoms with Crippen LogP contribution in [0.4, 0.5) is 5.69 Å². The lowest BCUT2D eigenvalue weighted by Gasteiger charge is -2.33. The molecule has 0 aliphatic carbocycles. The lowest BCUT2D eigenvalue weighted by molar-refractivity contribution is -0.144. The highest BCUT2D eigenvalue weighted by Crippen LogP contribution is 2.22. The van der Waals surface area contributed by atoms with Crippen LogP contribution in [0, 0.1) is 0 Å². The van der Waals surface area contributed by atoms with Gasteiger partial charge in [-0.2, -0.15) is 0 Å². The zero-order chi connectivity index (χ0) is 16.1. The molecular formula is C14H17Cl2N3O3. The molecule has 6 nitrogen and oxygen atoms in total. The molecular weight excluding hydrogens is 329 g/mol. The Morgan fingerprint density at radius 2 is 1.68 bits per heavy atom. The Balaban J connectivity index is 1.91. The molecule has 2 rings (SSSR count). The fraction of sp³-hybridized carbons (Fsp3) is 0.429. The van der Waals surface area contributed by atoms with Crippen LogP contribution in [0.25, 0.3) is 0 Å². The van der Waals surface area contributed by atoms with Crippen LogP contribution in [-0.2, 0) is 9.59 Å². The van der Waals surface area contributed by atoms with Gasteiger partial charge in [0.25, 0.3) is 0 Å². The van der Waals surface area contributed by atoms with Crippen LogP contribution in [0.1, 0.15) is 0 Å². The topological polar surface area (TPSA) is 72.9 Å². The number of β-amino-alcohol motifs (C(OH)–C–C–N with tert-alkyl or cyclic N) is 1.